The summed E-state index contributed by atoms with van der Waals surface area (Å²) >= 11 is 3.99. The Morgan fingerprint density at radius 2 is 1.06 bits per heavy atom. The number of carboxylic acid groups (broad SMARTS) is 1. The summed E-state index contributed by atoms with van der Waals surface area (Å²) in [6, 6.07) is -11.3. The Morgan fingerprint density at radius 1 is 0.641 bits per heavy atom. The van der Waals surface area contributed by atoms with E-state index in [0.717, 1.165) is 0 Å². The topological polar surface area (TPSA) is 431 Å². The largest absolute Gasteiger partial charge is 0.480 e. The third-order valence-corrected chi connectivity index (χ3v) is 9.96. The number of aliphatic carboxylic acids is 1. The summed E-state index contributed by atoms with van der Waals surface area (Å²) in [5.74, 6) is -8.90. The zero-order valence-corrected chi connectivity index (χ0v) is 37.1. The minimum atomic E-state index is -1.73. The number of nitrogens with two attached hydrogens (primary N) is 4. The maximum Gasteiger partial charge on any atom is 0.326 e. The summed E-state index contributed by atoms with van der Waals surface area (Å²) in [5.41, 5.74) is 22.6. The first-order valence-corrected chi connectivity index (χ1v) is 21.5. The molecule has 0 spiro atoms. The zero-order chi connectivity index (χ0) is 48.4. The van der Waals surface area contributed by atoms with Crippen LogP contribution in [0.1, 0.15) is 77.3 Å². The second kappa shape index (κ2) is 30.6. The van der Waals surface area contributed by atoms with Gasteiger partial charge in [0.05, 0.1) is 25.6 Å². The summed E-state index contributed by atoms with van der Waals surface area (Å²) in [6.45, 7) is 2.02. The van der Waals surface area contributed by atoms with Crippen molar-refractivity contribution in [3.63, 3.8) is 0 Å². The molecule has 0 fully saturated rings. The fourth-order valence-electron chi connectivity index (χ4n) is 5.98. The average Bonchev–Trinajstić information content (AvgIpc) is 3.77. The maximum absolute atomic E-state index is 13.8. The number of carboxylic acids is 1. The highest BCUT2D eigenvalue weighted by atomic mass is 32.1. The Morgan fingerprint density at radius 3 is 1.50 bits per heavy atom. The molecule has 8 amide bonds. The lowest BCUT2D eigenvalue weighted by Crippen LogP contribution is -2.61. The third kappa shape index (κ3) is 21.3. The van der Waals surface area contributed by atoms with E-state index in [0.29, 0.717) is 37.9 Å². The van der Waals surface area contributed by atoms with Crippen molar-refractivity contribution in [2.75, 3.05) is 32.1 Å². The Hall–Kier alpha value is -5.41. The van der Waals surface area contributed by atoms with Crippen LogP contribution in [0.5, 0.6) is 0 Å². The van der Waals surface area contributed by atoms with Gasteiger partial charge in [0.2, 0.25) is 47.3 Å². The van der Waals surface area contributed by atoms with E-state index in [2.05, 4.69) is 59.8 Å². The highest BCUT2D eigenvalue weighted by molar-refractivity contribution is 7.80. The van der Waals surface area contributed by atoms with Gasteiger partial charge in [0.25, 0.3) is 0 Å². The van der Waals surface area contributed by atoms with Crippen LogP contribution < -0.4 is 60.2 Å². The van der Waals surface area contributed by atoms with Gasteiger partial charge in [-0.15, -0.1) is 0 Å². The molecule has 8 atom stereocenters. The number of aliphatic hydroxyl groups is 2. The van der Waals surface area contributed by atoms with Gasteiger partial charge in [-0.25, -0.2) is 9.78 Å². The third-order valence-electron chi connectivity index (χ3n) is 9.57. The van der Waals surface area contributed by atoms with E-state index in [9.17, 15) is 58.5 Å². The van der Waals surface area contributed by atoms with Crippen molar-refractivity contribution < 1.29 is 58.5 Å². The molecule has 25 nitrogen and oxygen atoms in total. The molecule has 1 rings (SSSR count). The molecule has 0 aliphatic heterocycles. The van der Waals surface area contributed by atoms with Gasteiger partial charge in [-0.2, -0.15) is 12.6 Å². The number of imidazole rings is 1. The molecule has 0 aromatic carbocycles. The number of carbonyl (C=O) groups excluding carboxylic acids is 8. The van der Waals surface area contributed by atoms with Crippen molar-refractivity contribution in [2.24, 2.45) is 28.9 Å². The second-order valence-electron chi connectivity index (χ2n) is 15.4. The van der Waals surface area contributed by atoms with Gasteiger partial charge in [0, 0.05) is 30.5 Å². The summed E-state index contributed by atoms with van der Waals surface area (Å²) in [7, 11) is 0. The first-order chi connectivity index (χ1) is 30.3. The molecule has 1 aromatic heterocycles. The van der Waals surface area contributed by atoms with Crippen LogP contribution in [0.2, 0.25) is 0 Å². The zero-order valence-electron chi connectivity index (χ0n) is 36.2. The van der Waals surface area contributed by atoms with Crippen LogP contribution in [0, 0.1) is 5.92 Å². The number of primary amides is 1. The SMILES string of the molecule is CC(C)C[C@H](NC(=O)[C@H](CCCCN)NC(=O)[C@H](CO)NC(=O)[C@H](CO)NC(=O)[C@H](Cc1cnc[nH]1)NC(=O)[C@@H](N)CS)C(=O)N[C@@H](CCC(N)=O)C(=O)N[C@@H](CCCCN)C(=O)O. The lowest BCUT2D eigenvalue weighted by Gasteiger charge is -2.28. The number of amides is 8. The quantitative estimate of drug-likeness (QED) is 0.0231. The predicted molar refractivity (Wildman–Crippen MR) is 233 cm³/mol. The number of hydrogen-bond donors (Lipinski definition) is 16. The second-order valence-corrected chi connectivity index (χ2v) is 15.8. The number of aromatic amines is 1. The fourth-order valence-corrected chi connectivity index (χ4v) is 6.15. The Kier molecular flexibility index (Phi) is 27.1. The molecular weight excluding hydrogens is 863 g/mol. The van der Waals surface area contributed by atoms with E-state index in [4.69, 9.17) is 22.9 Å². The van der Waals surface area contributed by atoms with Gasteiger partial charge in [0.1, 0.15) is 42.3 Å². The van der Waals surface area contributed by atoms with Gasteiger partial charge in [-0.05, 0) is 70.4 Å². The van der Waals surface area contributed by atoms with E-state index in [-0.39, 0.29) is 56.7 Å². The molecule has 1 aromatic rings. The first-order valence-electron chi connectivity index (χ1n) is 20.9. The standard InChI is InChI=1S/C38H67N13O12S/c1-20(2)13-26(34(58)46-24(9-10-30(42)54)33(57)47-25(38(62)63)8-4-6-12-40)49-32(56)23(7-3-5-11-39)45-36(60)28(16-52)51-37(61)29(17-53)50-35(59)27(14-21-15-43-19-44-21)48-31(55)22(41)18-64/h15,19-20,22-29,52-53,64H,3-14,16-18,39-41H2,1-2H3,(H2,42,54)(H,43,44)(H,45,60)(H,46,58)(H,47,57)(H,48,55)(H,49,56)(H,50,59)(H,51,61)(H,62,63)/t22-,23-,24-,25-,26-,27-,28-,29-/m0/s1. The minimum Gasteiger partial charge on any atom is -0.480 e. The number of aliphatic hydroxyl groups excluding tert-OH is 2. The average molecular weight is 930 g/mol. The van der Waals surface area contributed by atoms with Crippen LogP contribution in [0.4, 0.5) is 0 Å². The van der Waals surface area contributed by atoms with Crippen molar-refractivity contribution in [1.82, 2.24) is 47.2 Å². The molecule has 64 heavy (non-hydrogen) atoms. The number of rotatable bonds is 33. The number of H-pyrrole nitrogens is 1. The molecule has 1 heterocycles. The maximum atomic E-state index is 13.8. The van der Waals surface area contributed by atoms with Crippen molar-refractivity contribution in [2.45, 2.75) is 126 Å². The van der Waals surface area contributed by atoms with Crippen molar-refractivity contribution in [3.05, 3.63) is 18.2 Å². The molecule has 0 aliphatic rings. The highest BCUT2D eigenvalue weighted by Gasteiger charge is 2.34. The van der Waals surface area contributed by atoms with Crippen LogP contribution in [0.25, 0.3) is 0 Å². The van der Waals surface area contributed by atoms with Gasteiger partial charge in [-0.1, -0.05) is 13.8 Å². The molecule has 0 bridgehead atoms. The molecule has 0 radical (unpaired) electrons. The molecule has 0 saturated carbocycles. The summed E-state index contributed by atoms with van der Waals surface area (Å²) in [6.07, 6.45) is 3.57. The lowest BCUT2D eigenvalue weighted by atomic mass is 10.0. The van der Waals surface area contributed by atoms with E-state index >= 15 is 0 Å². The molecular formula is C38H67N13O12S. The molecule has 26 heteroatoms. The number of carbonyl (C=O) groups is 9. The Bertz CT molecular complexity index is 1670. The molecule has 0 aliphatic carbocycles. The number of hydrogen-bond acceptors (Lipinski definition) is 16. The van der Waals surface area contributed by atoms with Gasteiger partial charge in [0.15, 0.2) is 0 Å². The number of nitrogens with zero attached hydrogens (tertiary/aromatic N) is 1. The van der Waals surface area contributed by atoms with Crippen LogP contribution in [-0.2, 0) is 49.6 Å². The number of nitrogens with one attached hydrogen (secondary N) is 8. The van der Waals surface area contributed by atoms with Crippen LogP contribution in [-0.4, -0.2) is 159 Å². The fraction of sp³-hybridized carbons (Fsp3) is 0.684. The first kappa shape index (κ1) is 56.6. The smallest absolute Gasteiger partial charge is 0.326 e. The van der Waals surface area contributed by atoms with Crippen LogP contribution in [0.3, 0.4) is 0 Å². The number of aromatic nitrogens is 2. The summed E-state index contributed by atoms with van der Waals surface area (Å²) < 4.78 is 0. The lowest BCUT2D eigenvalue weighted by molar-refractivity contribution is -0.142. The van der Waals surface area contributed by atoms with E-state index in [1.165, 1.54) is 12.5 Å². The molecule has 19 N–H and O–H groups in total. The van der Waals surface area contributed by atoms with Crippen molar-refractivity contribution in [3.8, 4) is 0 Å². The van der Waals surface area contributed by atoms with Gasteiger partial charge < -0.3 is 80.5 Å². The van der Waals surface area contributed by atoms with E-state index in [1.54, 1.807) is 13.8 Å². The van der Waals surface area contributed by atoms with Gasteiger partial charge >= 0.3 is 5.97 Å². The van der Waals surface area contributed by atoms with E-state index < -0.39 is 115 Å². The summed E-state index contributed by atoms with van der Waals surface area (Å²) in [5, 5.41) is 46.7. The number of thiol groups is 1. The summed E-state index contributed by atoms with van der Waals surface area (Å²) in [4.78, 5) is 124. The monoisotopic (exact) mass is 929 g/mol. The van der Waals surface area contributed by atoms with Gasteiger partial charge in [-0.3, -0.25) is 38.4 Å². The Labute approximate surface area is 376 Å². The minimum absolute atomic E-state index is 0.0139. The van der Waals surface area contributed by atoms with Crippen molar-refractivity contribution in [1.29, 1.82) is 0 Å². The predicted octanol–water partition coefficient (Wildman–Crippen LogP) is -5.76. The van der Waals surface area contributed by atoms with Crippen molar-refractivity contribution >= 4 is 65.9 Å². The highest BCUT2D eigenvalue weighted by Crippen LogP contribution is 2.11. The number of unbranched alkanes of at least 4 members (excludes halogenated alkanes) is 2. The van der Waals surface area contributed by atoms with Crippen LogP contribution >= 0.6 is 12.6 Å². The normalized spacial score (nSPS) is 14.9. The van der Waals surface area contributed by atoms with E-state index in [1.807, 2.05) is 0 Å². The molecule has 0 saturated heterocycles. The Balaban J connectivity index is 3.25. The van der Waals surface area contributed by atoms with Crippen LogP contribution in [0.15, 0.2) is 12.5 Å². The molecule has 362 valence electrons. The molecule has 0 unspecified atom stereocenters.